The first-order valence-corrected chi connectivity index (χ1v) is 7.91. The zero-order chi connectivity index (χ0) is 15.3. The minimum atomic E-state index is -3.42. The van der Waals surface area contributed by atoms with Gasteiger partial charge >= 0.3 is 5.97 Å². The fraction of sp³-hybridized carbons (Fsp3) is 0.214. The smallest absolute Gasteiger partial charge is 0.307 e. The Morgan fingerprint density at radius 2 is 1.86 bits per heavy atom. The van der Waals surface area contributed by atoms with Crippen molar-refractivity contribution >= 4 is 15.8 Å². The molecule has 110 valence electrons. The molecule has 0 unspecified atom stereocenters. The first kappa shape index (κ1) is 15.1. The molecule has 1 heterocycles. The summed E-state index contributed by atoms with van der Waals surface area (Å²) in [5, 5.41) is 8.68. The number of carboxylic acid groups (broad SMARTS) is 1. The number of hydrogen-bond donors (Lipinski definition) is 1. The molecule has 7 heteroatoms. The van der Waals surface area contributed by atoms with Crippen LogP contribution in [0.15, 0.2) is 47.8 Å². The van der Waals surface area contributed by atoms with Gasteiger partial charge in [0, 0.05) is 25.0 Å². The van der Waals surface area contributed by atoms with E-state index in [-0.39, 0.29) is 23.5 Å². The van der Waals surface area contributed by atoms with E-state index >= 15 is 0 Å². The first-order chi connectivity index (χ1) is 9.97. The van der Waals surface area contributed by atoms with Crippen molar-refractivity contribution in [1.82, 2.24) is 9.97 Å². The van der Waals surface area contributed by atoms with Crippen molar-refractivity contribution in [1.29, 1.82) is 0 Å². The number of carbonyl (C=O) groups is 1. The molecule has 0 aliphatic rings. The molecule has 0 amide bonds. The van der Waals surface area contributed by atoms with Gasteiger partial charge in [-0.05, 0) is 17.7 Å². The van der Waals surface area contributed by atoms with Gasteiger partial charge in [-0.1, -0.05) is 12.1 Å². The minimum absolute atomic E-state index is 0.0655. The van der Waals surface area contributed by atoms with Crippen LogP contribution in [0.4, 0.5) is 0 Å². The fourth-order valence-corrected chi connectivity index (χ4v) is 3.07. The topological polar surface area (TPSA) is 97.2 Å². The van der Waals surface area contributed by atoms with Crippen molar-refractivity contribution in [2.45, 2.75) is 17.7 Å². The average Bonchev–Trinajstić information content (AvgIpc) is 2.46. The summed E-state index contributed by atoms with van der Waals surface area (Å²) in [6, 6.07) is 5.90. The molecule has 0 bridgehead atoms. The molecule has 2 aromatic rings. The highest BCUT2D eigenvalue weighted by atomic mass is 32.2. The highest BCUT2D eigenvalue weighted by Gasteiger charge is 2.15. The molecule has 0 aliphatic carbocycles. The van der Waals surface area contributed by atoms with Gasteiger partial charge in [0.2, 0.25) is 0 Å². The molecule has 1 N–H and O–H groups in total. The molecule has 0 atom stereocenters. The van der Waals surface area contributed by atoms with Crippen LogP contribution in [0.5, 0.6) is 0 Å². The molecule has 0 radical (unpaired) electrons. The van der Waals surface area contributed by atoms with Gasteiger partial charge in [0.05, 0.1) is 22.8 Å². The molecular weight excluding hydrogens is 292 g/mol. The van der Waals surface area contributed by atoms with Crippen molar-refractivity contribution < 1.29 is 18.3 Å². The summed E-state index contributed by atoms with van der Waals surface area (Å²) in [6.07, 6.45) is 4.74. The summed E-state index contributed by atoms with van der Waals surface area (Å²) >= 11 is 0. The van der Waals surface area contributed by atoms with Gasteiger partial charge < -0.3 is 5.11 Å². The average molecular weight is 306 g/mol. The monoisotopic (exact) mass is 306 g/mol. The summed E-state index contributed by atoms with van der Waals surface area (Å²) in [5.74, 6) is -1.02. The van der Waals surface area contributed by atoms with Crippen molar-refractivity contribution in [3.63, 3.8) is 0 Å². The van der Waals surface area contributed by atoms with Gasteiger partial charge in [-0.25, -0.2) is 8.42 Å². The molecule has 2 rings (SSSR count). The zero-order valence-electron chi connectivity index (χ0n) is 11.1. The van der Waals surface area contributed by atoms with Crippen LogP contribution in [-0.2, 0) is 27.5 Å². The van der Waals surface area contributed by atoms with Gasteiger partial charge in [-0.2, -0.15) is 0 Å². The molecule has 0 spiro atoms. The summed E-state index contributed by atoms with van der Waals surface area (Å²) in [7, 11) is -3.42. The Morgan fingerprint density at radius 3 is 2.43 bits per heavy atom. The van der Waals surface area contributed by atoms with E-state index < -0.39 is 15.8 Å². The third-order valence-electron chi connectivity index (χ3n) is 2.88. The summed E-state index contributed by atoms with van der Waals surface area (Å²) in [4.78, 5) is 18.7. The SMILES string of the molecule is O=C(O)Cc1ccc(S(=O)(=O)CCc2cnccn2)cc1. The maximum Gasteiger partial charge on any atom is 0.307 e. The third-order valence-corrected chi connectivity index (χ3v) is 4.61. The lowest BCUT2D eigenvalue weighted by molar-refractivity contribution is -0.136. The van der Waals surface area contributed by atoms with E-state index in [1.807, 2.05) is 0 Å². The van der Waals surface area contributed by atoms with Crippen molar-refractivity contribution in [2.24, 2.45) is 0 Å². The van der Waals surface area contributed by atoms with Crippen LogP contribution in [0.2, 0.25) is 0 Å². The van der Waals surface area contributed by atoms with E-state index in [0.717, 1.165) is 0 Å². The highest BCUT2D eigenvalue weighted by Crippen LogP contribution is 2.14. The Balaban J connectivity index is 2.07. The molecule has 0 saturated carbocycles. The lowest BCUT2D eigenvalue weighted by Crippen LogP contribution is -2.10. The Kier molecular flexibility index (Phi) is 4.64. The maximum absolute atomic E-state index is 12.2. The Bertz CT molecular complexity index is 712. The van der Waals surface area contributed by atoms with Crippen LogP contribution in [0.3, 0.4) is 0 Å². The van der Waals surface area contributed by atoms with Gasteiger partial charge in [-0.15, -0.1) is 0 Å². The predicted octanol–water partition coefficient (Wildman–Crippen LogP) is 1.12. The van der Waals surface area contributed by atoms with Crippen LogP contribution in [0.25, 0.3) is 0 Å². The van der Waals surface area contributed by atoms with E-state index in [1.165, 1.54) is 42.9 Å². The largest absolute Gasteiger partial charge is 0.481 e. The summed E-state index contributed by atoms with van der Waals surface area (Å²) in [6.45, 7) is 0. The Morgan fingerprint density at radius 1 is 1.14 bits per heavy atom. The molecule has 0 fully saturated rings. The number of sulfone groups is 1. The quantitative estimate of drug-likeness (QED) is 0.859. The predicted molar refractivity (Wildman–Crippen MR) is 75.6 cm³/mol. The lowest BCUT2D eigenvalue weighted by atomic mass is 10.2. The number of benzene rings is 1. The molecule has 1 aromatic heterocycles. The lowest BCUT2D eigenvalue weighted by Gasteiger charge is -2.05. The molecule has 1 aromatic carbocycles. The number of carboxylic acids is 1. The number of aromatic nitrogens is 2. The molecule has 6 nitrogen and oxygen atoms in total. The van der Waals surface area contributed by atoms with Gasteiger partial charge in [0.1, 0.15) is 0 Å². The van der Waals surface area contributed by atoms with E-state index in [2.05, 4.69) is 9.97 Å². The highest BCUT2D eigenvalue weighted by molar-refractivity contribution is 7.91. The van der Waals surface area contributed by atoms with Crippen LogP contribution >= 0.6 is 0 Å². The van der Waals surface area contributed by atoms with E-state index in [9.17, 15) is 13.2 Å². The Labute approximate surface area is 122 Å². The Hall–Kier alpha value is -2.28. The van der Waals surface area contributed by atoms with Crippen LogP contribution in [0.1, 0.15) is 11.3 Å². The minimum Gasteiger partial charge on any atom is -0.481 e. The number of hydrogen-bond acceptors (Lipinski definition) is 5. The second kappa shape index (κ2) is 6.45. The first-order valence-electron chi connectivity index (χ1n) is 6.26. The second-order valence-electron chi connectivity index (χ2n) is 4.48. The van der Waals surface area contributed by atoms with E-state index in [4.69, 9.17) is 5.11 Å². The summed E-state index contributed by atoms with van der Waals surface area (Å²) in [5.41, 5.74) is 1.18. The number of aliphatic carboxylic acids is 1. The van der Waals surface area contributed by atoms with Gasteiger partial charge in [-0.3, -0.25) is 14.8 Å². The number of rotatable bonds is 6. The van der Waals surface area contributed by atoms with Crippen LogP contribution in [-0.4, -0.2) is 35.2 Å². The molecular formula is C14H14N2O4S. The third kappa shape index (κ3) is 4.35. The maximum atomic E-state index is 12.2. The van der Waals surface area contributed by atoms with Crippen molar-refractivity contribution in [2.75, 3.05) is 5.75 Å². The van der Waals surface area contributed by atoms with Gasteiger partial charge in [0.25, 0.3) is 0 Å². The van der Waals surface area contributed by atoms with Crippen LogP contribution < -0.4 is 0 Å². The second-order valence-corrected chi connectivity index (χ2v) is 6.59. The standard InChI is InChI=1S/C14H14N2O4S/c17-14(18)9-11-1-3-13(4-2-11)21(19,20)8-5-12-10-15-6-7-16-12/h1-4,6-7,10H,5,8-9H2,(H,17,18). The summed E-state index contributed by atoms with van der Waals surface area (Å²) < 4.78 is 24.3. The number of aryl methyl sites for hydroxylation is 1. The molecule has 21 heavy (non-hydrogen) atoms. The molecule has 0 aliphatic heterocycles. The van der Waals surface area contributed by atoms with Crippen molar-refractivity contribution in [3.8, 4) is 0 Å². The van der Waals surface area contributed by atoms with E-state index in [0.29, 0.717) is 11.3 Å². The van der Waals surface area contributed by atoms with Crippen LogP contribution in [0, 0.1) is 0 Å². The number of nitrogens with zero attached hydrogens (tertiary/aromatic N) is 2. The molecule has 0 saturated heterocycles. The normalized spacial score (nSPS) is 11.2. The zero-order valence-corrected chi connectivity index (χ0v) is 12.0. The van der Waals surface area contributed by atoms with E-state index in [1.54, 1.807) is 0 Å². The van der Waals surface area contributed by atoms with Crippen molar-refractivity contribution in [3.05, 3.63) is 54.1 Å². The fourth-order valence-electron chi connectivity index (χ4n) is 1.81. The van der Waals surface area contributed by atoms with Gasteiger partial charge in [0.15, 0.2) is 9.84 Å².